The Balaban J connectivity index is 0.000000193. The van der Waals surface area contributed by atoms with Crippen LogP contribution in [0.2, 0.25) is 0 Å². The molecule has 1 aromatic heterocycles. The molecule has 2 N–H and O–H groups in total. The van der Waals surface area contributed by atoms with Crippen LogP contribution in [0.3, 0.4) is 0 Å². The lowest BCUT2D eigenvalue weighted by atomic mass is 9.79. The van der Waals surface area contributed by atoms with E-state index in [9.17, 15) is 36.3 Å². The van der Waals surface area contributed by atoms with E-state index in [-0.39, 0.29) is 18.0 Å². The molecular weight excluding hydrogens is 559 g/mol. The number of benzene rings is 2. The van der Waals surface area contributed by atoms with Gasteiger partial charge in [0.25, 0.3) is 0 Å². The average Bonchev–Trinajstić information content (AvgIpc) is 3.44. The topological polar surface area (TPSA) is 91.4 Å². The Hall–Kier alpha value is -4.35. The molecule has 222 valence electrons. The number of hydrogen-bond acceptors (Lipinski definition) is 4. The van der Waals surface area contributed by atoms with Crippen LogP contribution in [0.4, 0.5) is 33.5 Å². The maximum absolute atomic E-state index is 13.2. The number of halogens is 5. The minimum absolute atomic E-state index is 0.00144. The number of fused-ring (bicyclic) bond motifs is 3. The van der Waals surface area contributed by atoms with E-state index in [0.717, 1.165) is 46.3 Å². The summed E-state index contributed by atoms with van der Waals surface area (Å²) in [6, 6.07) is 11.4. The Labute approximate surface area is 239 Å². The van der Waals surface area contributed by atoms with E-state index in [1.54, 1.807) is 6.20 Å². The molecule has 3 aromatic rings. The first-order chi connectivity index (χ1) is 19.8. The second-order valence-corrected chi connectivity index (χ2v) is 10.3. The van der Waals surface area contributed by atoms with E-state index in [2.05, 4.69) is 15.6 Å². The van der Waals surface area contributed by atoms with Crippen LogP contribution in [-0.4, -0.2) is 40.8 Å². The van der Waals surface area contributed by atoms with E-state index in [1.165, 1.54) is 13.8 Å². The van der Waals surface area contributed by atoms with Crippen molar-refractivity contribution in [1.82, 2.24) is 9.88 Å². The van der Waals surface area contributed by atoms with Gasteiger partial charge in [0.1, 0.15) is 23.4 Å². The van der Waals surface area contributed by atoms with Crippen molar-refractivity contribution in [3.8, 4) is 0 Å². The SMILES string of the molecule is CCN(C(=O)C(C)C(F)(F)F)[C@H](C)c1cc(F)cc(F)c1.O=CNc1ccc2c(c1)CC1(C2)C(=O)Nc2ncccc21. The Morgan fingerprint density at radius 1 is 1.10 bits per heavy atom. The fraction of sp³-hybridized carbons (Fsp3) is 0.333. The summed E-state index contributed by atoms with van der Waals surface area (Å²) < 4.78 is 64.2. The first-order valence-corrected chi connectivity index (χ1v) is 13.2. The highest BCUT2D eigenvalue weighted by atomic mass is 19.4. The zero-order valence-corrected chi connectivity index (χ0v) is 23.1. The highest BCUT2D eigenvalue weighted by Gasteiger charge is 2.51. The van der Waals surface area contributed by atoms with E-state index < -0.39 is 41.1 Å². The van der Waals surface area contributed by atoms with Crippen molar-refractivity contribution in [2.24, 2.45) is 5.92 Å². The van der Waals surface area contributed by atoms with Gasteiger partial charge in [-0.1, -0.05) is 12.1 Å². The van der Waals surface area contributed by atoms with Crippen LogP contribution in [0.25, 0.3) is 0 Å². The van der Waals surface area contributed by atoms with Crippen LogP contribution in [0.5, 0.6) is 0 Å². The van der Waals surface area contributed by atoms with E-state index >= 15 is 0 Å². The molecule has 12 heteroatoms. The first kappa shape index (κ1) is 30.6. The number of amides is 3. The second kappa shape index (κ2) is 11.9. The van der Waals surface area contributed by atoms with Gasteiger partial charge in [0.05, 0.1) is 11.5 Å². The number of hydrogen-bond donors (Lipinski definition) is 2. The summed E-state index contributed by atoms with van der Waals surface area (Å²) in [6.07, 6.45) is -0.993. The van der Waals surface area contributed by atoms with Crippen molar-refractivity contribution in [3.05, 3.63) is 88.6 Å². The zero-order valence-electron chi connectivity index (χ0n) is 23.1. The quantitative estimate of drug-likeness (QED) is 0.285. The Bertz CT molecular complexity index is 1490. The largest absolute Gasteiger partial charge is 0.400 e. The van der Waals surface area contributed by atoms with Gasteiger partial charge in [-0.2, -0.15) is 13.2 Å². The zero-order chi connectivity index (χ0) is 30.8. The molecule has 1 aliphatic heterocycles. The molecule has 0 bridgehead atoms. The third-order valence-corrected chi connectivity index (χ3v) is 7.73. The molecule has 1 aliphatic carbocycles. The maximum Gasteiger partial charge on any atom is 0.400 e. The molecular formula is C30H29F5N4O3. The Morgan fingerprint density at radius 2 is 1.76 bits per heavy atom. The highest BCUT2D eigenvalue weighted by Crippen LogP contribution is 2.46. The van der Waals surface area contributed by atoms with Gasteiger partial charge in [0.2, 0.25) is 18.2 Å². The fourth-order valence-corrected chi connectivity index (χ4v) is 5.43. The molecule has 0 saturated heterocycles. The smallest absolute Gasteiger partial charge is 0.336 e. The lowest BCUT2D eigenvalue weighted by molar-refractivity contribution is -0.186. The van der Waals surface area contributed by atoms with Gasteiger partial charge >= 0.3 is 6.18 Å². The van der Waals surface area contributed by atoms with Gasteiger partial charge in [-0.3, -0.25) is 14.4 Å². The van der Waals surface area contributed by atoms with Gasteiger partial charge in [0.15, 0.2) is 0 Å². The number of alkyl halides is 3. The van der Waals surface area contributed by atoms with Crippen molar-refractivity contribution in [2.75, 3.05) is 17.2 Å². The van der Waals surface area contributed by atoms with Gasteiger partial charge in [-0.25, -0.2) is 13.8 Å². The lowest BCUT2D eigenvalue weighted by Crippen LogP contribution is -2.42. The third-order valence-electron chi connectivity index (χ3n) is 7.73. The summed E-state index contributed by atoms with van der Waals surface area (Å²) in [5, 5.41) is 5.54. The van der Waals surface area contributed by atoms with E-state index in [1.807, 2.05) is 30.3 Å². The molecule has 3 amide bonds. The number of nitrogens with zero attached hydrogens (tertiary/aromatic N) is 2. The number of carbonyl (C=O) groups is 3. The molecule has 0 fully saturated rings. The first-order valence-electron chi connectivity index (χ1n) is 13.2. The van der Waals surface area contributed by atoms with Crippen LogP contribution < -0.4 is 10.6 Å². The van der Waals surface area contributed by atoms with Crippen LogP contribution in [0.15, 0.2) is 54.7 Å². The van der Waals surface area contributed by atoms with Crippen molar-refractivity contribution < 1.29 is 36.3 Å². The molecule has 2 aromatic carbocycles. The minimum atomic E-state index is -4.66. The van der Waals surface area contributed by atoms with Crippen LogP contribution in [0, 0.1) is 17.6 Å². The molecule has 2 unspecified atom stereocenters. The van der Waals surface area contributed by atoms with Crippen molar-refractivity contribution in [3.63, 3.8) is 0 Å². The number of pyridine rings is 1. The molecule has 5 rings (SSSR count). The van der Waals surface area contributed by atoms with Crippen LogP contribution in [-0.2, 0) is 32.6 Å². The normalized spacial score (nSPS) is 18.2. The van der Waals surface area contributed by atoms with Gasteiger partial charge in [0, 0.05) is 30.1 Å². The van der Waals surface area contributed by atoms with E-state index in [4.69, 9.17) is 0 Å². The van der Waals surface area contributed by atoms with Gasteiger partial charge < -0.3 is 15.5 Å². The van der Waals surface area contributed by atoms with Crippen molar-refractivity contribution >= 4 is 29.7 Å². The third kappa shape index (κ3) is 5.97. The average molecular weight is 589 g/mol. The number of rotatable bonds is 6. The number of anilines is 2. The molecule has 2 heterocycles. The van der Waals surface area contributed by atoms with Crippen molar-refractivity contribution in [2.45, 2.75) is 51.2 Å². The minimum Gasteiger partial charge on any atom is -0.336 e. The van der Waals surface area contributed by atoms with Gasteiger partial charge in [-0.15, -0.1) is 0 Å². The summed E-state index contributed by atoms with van der Waals surface area (Å²) in [4.78, 5) is 40.2. The Morgan fingerprint density at radius 3 is 2.38 bits per heavy atom. The number of nitrogens with one attached hydrogen (secondary N) is 2. The van der Waals surface area contributed by atoms with Crippen LogP contribution >= 0.6 is 0 Å². The second-order valence-electron chi connectivity index (χ2n) is 10.3. The maximum atomic E-state index is 13.2. The highest BCUT2D eigenvalue weighted by molar-refractivity contribution is 6.06. The van der Waals surface area contributed by atoms with E-state index in [0.29, 0.717) is 31.1 Å². The molecule has 0 radical (unpaired) electrons. The standard InChI is InChI=1S/C16H13N3O2.C14H16F5NO/c20-9-18-12-4-3-10-7-16(8-11(10)6-12)13-2-1-5-17-14(13)19-15(16)21;1-4-20(13(21)8(2)14(17,18)19)9(3)10-5-11(15)7-12(16)6-10/h1-6,9H,7-8H2,(H,18,20)(H,17,19,21);5-9H,4H2,1-3H3/t;8?,9-/m.1/s1. The molecule has 42 heavy (non-hydrogen) atoms. The molecule has 0 saturated carbocycles. The number of aromatic nitrogens is 1. The number of carbonyl (C=O) groups excluding carboxylic acids is 3. The summed E-state index contributed by atoms with van der Waals surface area (Å²) in [5.41, 5.74) is 3.54. The predicted octanol–water partition coefficient (Wildman–Crippen LogP) is 5.71. The molecule has 2 aliphatic rings. The lowest BCUT2D eigenvalue weighted by Gasteiger charge is -2.31. The predicted molar refractivity (Wildman–Crippen MR) is 145 cm³/mol. The summed E-state index contributed by atoms with van der Waals surface area (Å²) in [5.74, 6) is -4.30. The van der Waals surface area contributed by atoms with Gasteiger partial charge in [-0.05, 0) is 80.6 Å². The fourth-order valence-electron chi connectivity index (χ4n) is 5.43. The molecule has 7 nitrogen and oxygen atoms in total. The summed E-state index contributed by atoms with van der Waals surface area (Å²) >= 11 is 0. The summed E-state index contributed by atoms with van der Waals surface area (Å²) in [6.45, 7) is 3.70. The monoisotopic (exact) mass is 588 g/mol. The van der Waals surface area contributed by atoms with Crippen LogP contribution in [0.1, 0.15) is 49.1 Å². The summed E-state index contributed by atoms with van der Waals surface area (Å²) in [7, 11) is 0. The Kier molecular flexibility index (Phi) is 8.65. The molecule has 1 spiro atoms. The van der Waals surface area contributed by atoms with Crippen molar-refractivity contribution in [1.29, 1.82) is 0 Å². The molecule has 3 atom stereocenters.